The van der Waals surface area contributed by atoms with E-state index in [1.807, 2.05) is 0 Å². The summed E-state index contributed by atoms with van der Waals surface area (Å²) in [5.74, 6) is -1.94. The Morgan fingerprint density at radius 2 is 1.81 bits per heavy atom. The van der Waals surface area contributed by atoms with E-state index in [1.54, 1.807) is 24.3 Å². The summed E-state index contributed by atoms with van der Waals surface area (Å²) in [5.41, 5.74) is 5.16. The molecule has 6 heteroatoms. The second-order valence-electron chi connectivity index (χ2n) is 4.54. The van der Waals surface area contributed by atoms with Gasteiger partial charge in [-0.1, -0.05) is 18.2 Å². The summed E-state index contributed by atoms with van der Waals surface area (Å²) < 4.78 is 50.7. The van der Waals surface area contributed by atoms with Crippen molar-refractivity contribution < 1.29 is 22.4 Å². The number of benzene rings is 2. The first-order valence-electron chi connectivity index (χ1n) is 6.02. The van der Waals surface area contributed by atoms with Crippen LogP contribution in [0.4, 0.5) is 23.2 Å². The van der Waals surface area contributed by atoms with Crippen LogP contribution in [-0.4, -0.2) is 5.78 Å². The molecule has 0 spiro atoms. The van der Waals surface area contributed by atoms with Crippen molar-refractivity contribution in [1.29, 1.82) is 0 Å². The summed E-state index contributed by atoms with van der Waals surface area (Å²) in [6.07, 6.45) is -4.84. The van der Waals surface area contributed by atoms with Gasteiger partial charge in [-0.15, -0.1) is 0 Å². The molecule has 0 fully saturated rings. The fraction of sp³-hybridized carbons (Fsp3) is 0.133. The van der Waals surface area contributed by atoms with Gasteiger partial charge in [-0.25, -0.2) is 4.39 Å². The zero-order chi connectivity index (χ0) is 15.6. The molecule has 2 N–H and O–H groups in total. The van der Waals surface area contributed by atoms with Crippen LogP contribution in [0, 0.1) is 5.82 Å². The Morgan fingerprint density at radius 1 is 1.10 bits per heavy atom. The SMILES string of the molecule is Nc1cccc(CC(=O)c2ccc(C(F)(F)F)c(F)c2)c1. The zero-order valence-corrected chi connectivity index (χ0v) is 10.7. The molecule has 0 atom stereocenters. The van der Waals surface area contributed by atoms with Crippen molar-refractivity contribution in [2.75, 3.05) is 5.73 Å². The predicted molar refractivity (Wildman–Crippen MR) is 70.3 cm³/mol. The minimum atomic E-state index is -4.78. The lowest BCUT2D eigenvalue weighted by molar-refractivity contribution is -0.140. The zero-order valence-electron chi connectivity index (χ0n) is 10.7. The molecular weight excluding hydrogens is 286 g/mol. The molecule has 0 aromatic heterocycles. The number of nitrogen functional groups attached to an aromatic ring is 1. The van der Waals surface area contributed by atoms with E-state index in [-0.39, 0.29) is 12.0 Å². The third-order valence-corrected chi connectivity index (χ3v) is 2.91. The highest BCUT2D eigenvalue weighted by Gasteiger charge is 2.34. The molecule has 110 valence electrons. The average Bonchev–Trinajstić information content (AvgIpc) is 2.37. The fourth-order valence-corrected chi connectivity index (χ4v) is 1.91. The Bertz CT molecular complexity index is 680. The van der Waals surface area contributed by atoms with Crippen LogP contribution < -0.4 is 5.73 Å². The monoisotopic (exact) mass is 297 g/mol. The minimum absolute atomic E-state index is 0.0597. The molecule has 0 saturated heterocycles. The Hall–Kier alpha value is -2.37. The maximum absolute atomic E-state index is 13.4. The standard InChI is InChI=1S/C15H11F4NO/c16-13-8-10(4-5-12(13)15(17,18)19)14(21)7-9-2-1-3-11(20)6-9/h1-6,8H,7,20H2. The highest BCUT2D eigenvalue weighted by Crippen LogP contribution is 2.31. The van der Waals surface area contributed by atoms with Gasteiger partial charge in [0, 0.05) is 17.7 Å². The molecule has 0 aliphatic carbocycles. The van der Waals surface area contributed by atoms with Crippen molar-refractivity contribution in [3.63, 3.8) is 0 Å². The van der Waals surface area contributed by atoms with Gasteiger partial charge in [-0.2, -0.15) is 13.2 Å². The van der Waals surface area contributed by atoms with Crippen molar-refractivity contribution in [2.45, 2.75) is 12.6 Å². The van der Waals surface area contributed by atoms with Gasteiger partial charge in [0.1, 0.15) is 5.82 Å². The van der Waals surface area contributed by atoms with Gasteiger partial charge in [0.05, 0.1) is 5.56 Å². The van der Waals surface area contributed by atoms with E-state index < -0.39 is 23.3 Å². The molecule has 0 heterocycles. The van der Waals surface area contributed by atoms with Gasteiger partial charge >= 0.3 is 6.18 Å². The minimum Gasteiger partial charge on any atom is -0.399 e. The summed E-state index contributed by atoms with van der Waals surface area (Å²) in [5, 5.41) is 0. The van der Waals surface area contributed by atoms with Crippen LogP contribution in [0.1, 0.15) is 21.5 Å². The van der Waals surface area contributed by atoms with Crippen LogP contribution >= 0.6 is 0 Å². The third-order valence-electron chi connectivity index (χ3n) is 2.91. The highest BCUT2D eigenvalue weighted by atomic mass is 19.4. The van der Waals surface area contributed by atoms with Crippen LogP contribution in [0.25, 0.3) is 0 Å². The second kappa shape index (κ2) is 5.55. The number of nitrogens with two attached hydrogens (primary N) is 1. The van der Waals surface area contributed by atoms with Crippen LogP contribution in [-0.2, 0) is 12.6 Å². The number of carbonyl (C=O) groups excluding carboxylic acids is 1. The van der Waals surface area contributed by atoms with Crippen LogP contribution in [0.2, 0.25) is 0 Å². The lowest BCUT2D eigenvalue weighted by Crippen LogP contribution is -2.10. The van der Waals surface area contributed by atoms with E-state index in [0.717, 1.165) is 6.07 Å². The number of alkyl halides is 3. The fourth-order valence-electron chi connectivity index (χ4n) is 1.91. The van der Waals surface area contributed by atoms with Gasteiger partial charge in [-0.05, 0) is 29.8 Å². The van der Waals surface area contributed by atoms with Crippen molar-refractivity contribution >= 4 is 11.5 Å². The van der Waals surface area contributed by atoms with Crippen molar-refractivity contribution in [3.05, 3.63) is 65.0 Å². The number of rotatable bonds is 3. The van der Waals surface area contributed by atoms with Gasteiger partial charge in [0.2, 0.25) is 0 Å². The molecular formula is C15H11F4NO. The number of carbonyl (C=O) groups is 1. The molecule has 2 rings (SSSR count). The quantitative estimate of drug-likeness (QED) is 0.531. The number of halogens is 4. The van der Waals surface area contributed by atoms with Crippen LogP contribution in [0.5, 0.6) is 0 Å². The molecule has 21 heavy (non-hydrogen) atoms. The number of Topliss-reactive ketones (excluding diaryl/α,β-unsaturated/α-hetero) is 1. The lowest BCUT2D eigenvalue weighted by atomic mass is 10.0. The maximum Gasteiger partial charge on any atom is 0.419 e. The van der Waals surface area contributed by atoms with Crippen LogP contribution in [0.3, 0.4) is 0 Å². The number of hydrogen-bond donors (Lipinski definition) is 1. The number of hydrogen-bond acceptors (Lipinski definition) is 2. The van der Waals surface area contributed by atoms with Gasteiger partial charge in [0.15, 0.2) is 5.78 Å². The van der Waals surface area contributed by atoms with Crippen molar-refractivity contribution in [1.82, 2.24) is 0 Å². The first-order valence-corrected chi connectivity index (χ1v) is 6.02. The predicted octanol–water partition coefficient (Wildman–Crippen LogP) is 3.85. The lowest BCUT2D eigenvalue weighted by Gasteiger charge is -2.09. The van der Waals surface area contributed by atoms with E-state index in [4.69, 9.17) is 5.73 Å². The van der Waals surface area contributed by atoms with Crippen molar-refractivity contribution in [3.8, 4) is 0 Å². The molecule has 0 unspecified atom stereocenters. The third kappa shape index (κ3) is 3.59. The normalized spacial score (nSPS) is 11.4. The Labute approximate surface area is 118 Å². The Balaban J connectivity index is 2.23. The molecule has 2 nitrogen and oxygen atoms in total. The summed E-state index contributed by atoms with van der Waals surface area (Å²) in [6, 6.07) is 8.70. The summed E-state index contributed by atoms with van der Waals surface area (Å²) in [7, 11) is 0. The Morgan fingerprint density at radius 3 is 2.38 bits per heavy atom. The number of anilines is 1. The summed E-state index contributed by atoms with van der Waals surface area (Å²) in [4.78, 5) is 11.9. The average molecular weight is 297 g/mol. The van der Waals surface area contributed by atoms with E-state index in [0.29, 0.717) is 23.4 Å². The molecule has 0 aliphatic heterocycles. The molecule has 0 amide bonds. The molecule has 2 aromatic carbocycles. The first-order chi connectivity index (χ1) is 9.77. The summed E-state index contributed by atoms with van der Waals surface area (Å²) >= 11 is 0. The van der Waals surface area contributed by atoms with Crippen LogP contribution in [0.15, 0.2) is 42.5 Å². The maximum atomic E-state index is 13.4. The second-order valence-corrected chi connectivity index (χ2v) is 4.54. The molecule has 0 bridgehead atoms. The van der Waals surface area contributed by atoms with Gasteiger partial charge < -0.3 is 5.73 Å². The Kier molecular flexibility index (Phi) is 3.97. The van der Waals surface area contributed by atoms with Gasteiger partial charge in [-0.3, -0.25) is 4.79 Å². The van der Waals surface area contributed by atoms with E-state index in [2.05, 4.69) is 0 Å². The largest absolute Gasteiger partial charge is 0.419 e. The summed E-state index contributed by atoms with van der Waals surface area (Å²) in [6.45, 7) is 0. The van der Waals surface area contributed by atoms with E-state index in [1.165, 1.54) is 0 Å². The first kappa shape index (κ1) is 15.0. The van der Waals surface area contributed by atoms with E-state index in [9.17, 15) is 22.4 Å². The van der Waals surface area contributed by atoms with Crippen molar-refractivity contribution in [2.24, 2.45) is 0 Å². The van der Waals surface area contributed by atoms with Gasteiger partial charge in [0.25, 0.3) is 0 Å². The molecule has 0 radical (unpaired) electrons. The number of ketones is 1. The topological polar surface area (TPSA) is 43.1 Å². The highest BCUT2D eigenvalue weighted by molar-refractivity contribution is 5.97. The van der Waals surface area contributed by atoms with E-state index >= 15 is 0 Å². The molecule has 2 aromatic rings. The smallest absolute Gasteiger partial charge is 0.399 e. The molecule has 0 aliphatic rings. The molecule has 0 saturated carbocycles.